The van der Waals surface area contributed by atoms with Crippen LogP contribution in [-0.4, -0.2) is 15.1 Å². The summed E-state index contributed by atoms with van der Waals surface area (Å²) in [5, 5.41) is 0. The van der Waals surface area contributed by atoms with Gasteiger partial charge in [-0.15, -0.1) is 0 Å². The van der Waals surface area contributed by atoms with Crippen molar-refractivity contribution in [1.29, 1.82) is 0 Å². The maximum atomic E-state index is 12.0. The topological polar surface area (TPSA) is 34.4 Å². The Hall–Kier alpha value is -0.810. The monoisotopic (exact) mass is 338 g/mol. The number of fused-ring (bicyclic) bond motifs is 1. The molecule has 3 rings (SSSR count). The van der Waals surface area contributed by atoms with E-state index in [2.05, 4.69) is 20.9 Å². The van der Waals surface area contributed by atoms with Crippen LogP contribution >= 0.6 is 27.7 Å². The molecule has 1 saturated carbocycles. The predicted molar refractivity (Wildman–Crippen MR) is 82.7 cm³/mol. The highest BCUT2D eigenvalue weighted by Gasteiger charge is 2.20. The van der Waals surface area contributed by atoms with Crippen molar-refractivity contribution in [2.24, 2.45) is 5.92 Å². The number of thioether (sulfide) groups is 1. The van der Waals surface area contributed by atoms with Gasteiger partial charge in [0.15, 0.2) is 0 Å². The Balaban J connectivity index is 1.72. The molecule has 0 aromatic carbocycles. The fourth-order valence-corrected chi connectivity index (χ4v) is 3.37. The van der Waals surface area contributed by atoms with E-state index in [-0.39, 0.29) is 5.56 Å². The summed E-state index contributed by atoms with van der Waals surface area (Å²) in [5.41, 5.74) is 1.59. The van der Waals surface area contributed by atoms with E-state index in [1.54, 1.807) is 16.7 Å². The van der Waals surface area contributed by atoms with Gasteiger partial charge in [0.05, 0.1) is 5.69 Å². The zero-order valence-corrected chi connectivity index (χ0v) is 12.9. The van der Waals surface area contributed by atoms with Crippen molar-refractivity contribution in [2.45, 2.75) is 25.0 Å². The zero-order chi connectivity index (χ0) is 13.2. The van der Waals surface area contributed by atoms with Crippen molar-refractivity contribution in [3.05, 3.63) is 44.9 Å². The number of aromatic nitrogens is 2. The molecule has 19 heavy (non-hydrogen) atoms. The molecule has 1 aliphatic carbocycles. The Bertz CT molecular complexity index is 651. The summed E-state index contributed by atoms with van der Waals surface area (Å²) in [6.07, 6.45) is 5.88. The second kappa shape index (κ2) is 5.67. The highest BCUT2D eigenvalue weighted by Crippen LogP contribution is 2.33. The van der Waals surface area contributed by atoms with Crippen LogP contribution in [0.3, 0.4) is 0 Å². The van der Waals surface area contributed by atoms with Crippen molar-refractivity contribution in [3.63, 3.8) is 0 Å². The van der Waals surface area contributed by atoms with Gasteiger partial charge in [0.2, 0.25) is 0 Å². The predicted octanol–water partition coefficient (Wildman–Crippen LogP) is 3.49. The fourth-order valence-electron chi connectivity index (χ4n) is 2.03. The minimum Gasteiger partial charge on any atom is -0.269 e. The third-order valence-corrected chi connectivity index (χ3v) is 4.79. The van der Waals surface area contributed by atoms with Crippen LogP contribution in [0, 0.1) is 5.92 Å². The normalized spacial score (nSPS) is 15.0. The Morgan fingerprint density at radius 3 is 3.05 bits per heavy atom. The lowest BCUT2D eigenvalue weighted by atomic mass is 10.3. The standard InChI is InChI=1S/C14H15BrN2OS/c15-11-3-4-13-16-12(7-14(18)17(13)8-11)9-19-6-5-10-1-2-10/h3-4,7-8,10H,1-2,5-6,9H2. The molecule has 0 aliphatic heterocycles. The Morgan fingerprint density at radius 2 is 2.26 bits per heavy atom. The number of pyridine rings is 1. The van der Waals surface area contributed by atoms with Gasteiger partial charge < -0.3 is 0 Å². The van der Waals surface area contributed by atoms with Crippen LogP contribution in [0.25, 0.3) is 5.65 Å². The van der Waals surface area contributed by atoms with Crippen molar-refractivity contribution in [3.8, 4) is 0 Å². The van der Waals surface area contributed by atoms with Gasteiger partial charge in [-0.2, -0.15) is 11.8 Å². The van der Waals surface area contributed by atoms with E-state index in [1.807, 2.05) is 23.9 Å². The molecule has 0 unspecified atom stereocenters. The van der Waals surface area contributed by atoms with E-state index in [0.717, 1.165) is 21.8 Å². The van der Waals surface area contributed by atoms with E-state index < -0.39 is 0 Å². The summed E-state index contributed by atoms with van der Waals surface area (Å²) in [5.74, 6) is 2.97. The SMILES string of the molecule is O=c1cc(CSCCC2CC2)nc2ccc(Br)cn12. The van der Waals surface area contributed by atoms with Gasteiger partial charge >= 0.3 is 0 Å². The van der Waals surface area contributed by atoms with Gasteiger partial charge in [0.1, 0.15) is 5.65 Å². The minimum atomic E-state index is -0.0101. The van der Waals surface area contributed by atoms with Crippen LogP contribution < -0.4 is 5.56 Å². The third-order valence-electron chi connectivity index (χ3n) is 3.29. The van der Waals surface area contributed by atoms with E-state index in [9.17, 15) is 4.79 Å². The average Bonchev–Trinajstić information content (AvgIpc) is 3.20. The molecular formula is C14H15BrN2OS. The lowest BCUT2D eigenvalue weighted by Crippen LogP contribution is -2.15. The second-order valence-electron chi connectivity index (χ2n) is 4.95. The molecule has 1 aliphatic rings. The van der Waals surface area contributed by atoms with Crippen LogP contribution in [0.5, 0.6) is 0 Å². The highest BCUT2D eigenvalue weighted by atomic mass is 79.9. The number of hydrogen-bond donors (Lipinski definition) is 0. The van der Waals surface area contributed by atoms with E-state index in [0.29, 0.717) is 5.65 Å². The van der Waals surface area contributed by atoms with E-state index in [1.165, 1.54) is 25.0 Å². The van der Waals surface area contributed by atoms with Gasteiger partial charge in [0, 0.05) is 22.5 Å². The quantitative estimate of drug-likeness (QED) is 0.782. The minimum absolute atomic E-state index is 0.0101. The molecule has 2 aromatic heterocycles. The summed E-state index contributed by atoms with van der Waals surface area (Å²) in [4.78, 5) is 16.5. The van der Waals surface area contributed by atoms with Crippen LogP contribution in [0.1, 0.15) is 25.0 Å². The van der Waals surface area contributed by atoms with Crippen molar-refractivity contribution < 1.29 is 0 Å². The molecule has 0 N–H and O–H groups in total. The van der Waals surface area contributed by atoms with Crippen molar-refractivity contribution in [1.82, 2.24) is 9.38 Å². The van der Waals surface area contributed by atoms with Gasteiger partial charge in [-0.3, -0.25) is 9.20 Å². The molecule has 0 atom stereocenters. The molecule has 0 spiro atoms. The molecule has 2 heterocycles. The van der Waals surface area contributed by atoms with Crippen LogP contribution in [0.4, 0.5) is 0 Å². The van der Waals surface area contributed by atoms with Crippen LogP contribution in [0.2, 0.25) is 0 Å². The number of rotatable bonds is 5. The Labute approximate surface area is 124 Å². The molecule has 0 bridgehead atoms. The smallest absolute Gasteiger partial charge is 0.258 e. The van der Waals surface area contributed by atoms with Gasteiger partial charge in [-0.1, -0.05) is 12.8 Å². The summed E-state index contributed by atoms with van der Waals surface area (Å²) in [6.45, 7) is 0. The Kier molecular flexibility index (Phi) is 3.93. The molecule has 100 valence electrons. The summed E-state index contributed by atoms with van der Waals surface area (Å²) in [7, 11) is 0. The summed E-state index contributed by atoms with van der Waals surface area (Å²) < 4.78 is 2.46. The first-order valence-electron chi connectivity index (χ1n) is 6.48. The molecule has 5 heteroatoms. The Morgan fingerprint density at radius 1 is 1.42 bits per heavy atom. The number of halogens is 1. The zero-order valence-electron chi connectivity index (χ0n) is 10.5. The first kappa shape index (κ1) is 13.2. The molecule has 2 aromatic rings. The summed E-state index contributed by atoms with van der Waals surface area (Å²) >= 11 is 5.24. The fraction of sp³-hybridized carbons (Fsp3) is 0.429. The van der Waals surface area contributed by atoms with Gasteiger partial charge in [-0.05, 0) is 46.2 Å². The molecule has 0 amide bonds. The maximum absolute atomic E-state index is 12.0. The lowest BCUT2D eigenvalue weighted by Gasteiger charge is -2.04. The lowest BCUT2D eigenvalue weighted by molar-refractivity contribution is 0.808. The van der Waals surface area contributed by atoms with E-state index >= 15 is 0 Å². The molecule has 1 fully saturated rings. The van der Waals surface area contributed by atoms with Gasteiger partial charge in [-0.25, -0.2) is 4.98 Å². The van der Waals surface area contributed by atoms with Gasteiger partial charge in [0.25, 0.3) is 5.56 Å². The first-order chi connectivity index (χ1) is 9.22. The second-order valence-corrected chi connectivity index (χ2v) is 6.97. The van der Waals surface area contributed by atoms with Crippen molar-refractivity contribution >= 4 is 33.3 Å². The van der Waals surface area contributed by atoms with Crippen LogP contribution in [-0.2, 0) is 5.75 Å². The number of nitrogens with zero attached hydrogens (tertiary/aromatic N) is 2. The molecule has 3 nitrogen and oxygen atoms in total. The maximum Gasteiger partial charge on any atom is 0.258 e. The van der Waals surface area contributed by atoms with Crippen LogP contribution in [0.15, 0.2) is 33.7 Å². The van der Waals surface area contributed by atoms with Crippen molar-refractivity contribution in [2.75, 3.05) is 5.75 Å². The first-order valence-corrected chi connectivity index (χ1v) is 8.43. The largest absolute Gasteiger partial charge is 0.269 e. The molecule has 0 radical (unpaired) electrons. The number of hydrogen-bond acceptors (Lipinski definition) is 3. The molecular weight excluding hydrogens is 324 g/mol. The highest BCUT2D eigenvalue weighted by molar-refractivity contribution is 9.10. The summed E-state index contributed by atoms with van der Waals surface area (Å²) in [6, 6.07) is 5.42. The molecule has 0 saturated heterocycles. The third kappa shape index (κ3) is 3.39. The average molecular weight is 339 g/mol. The van der Waals surface area contributed by atoms with E-state index in [4.69, 9.17) is 0 Å².